The number of carboxylic acid groups (broad SMARTS) is 1. The second-order valence-electron chi connectivity index (χ2n) is 4.82. The normalized spacial score (nSPS) is 20.9. The highest BCUT2D eigenvalue weighted by Crippen LogP contribution is 2.17. The molecule has 0 aromatic rings. The fourth-order valence-electron chi connectivity index (χ4n) is 2.12. The van der Waals surface area contributed by atoms with Crippen LogP contribution in [0.2, 0.25) is 0 Å². The molecule has 1 unspecified atom stereocenters. The minimum absolute atomic E-state index is 0.192. The number of piperidine rings is 1. The summed E-state index contributed by atoms with van der Waals surface area (Å²) in [5.41, 5.74) is 0. The van der Waals surface area contributed by atoms with E-state index in [1.54, 1.807) is 18.9 Å². The van der Waals surface area contributed by atoms with Crippen molar-refractivity contribution in [2.24, 2.45) is 11.8 Å². The van der Waals surface area contributed by atoms with Gasteiger partial charge >= 0.3 is 12.0 Å². The average molecular weight is 253 g/mol. The van der Waals surface area contributed by atoms with Crippen LogP contribution in [0.4, 0.5) is 4.79 Å². The third kappa shape index (κ3) is 3.62. The van der Waals surface area contributed by atoms with Crippen molar-refractivity contribution in [2.75, 3.05) is 26.7 Å². The molecule has 1 N–H and O–H groups in total. The lowest BCUT2D eigenvalue weighted by atomic mass is 9.98. The molecule has 100 valence electrons. The molecule has 18 heavy (non-hydrogen) atoms. The van der Waals surface area contributed by atoms with Crippen LogP contribution in [-0.4, -0.2) is 53.6 Å². The predicted octanol–water partition coefficient (Wildman–Crippen LogP) is 0.994. The van der Waals surface area contributed by atoms with Crippen LogP contribution in [0.3, 0.4) is 0 Å². The number of carbonyl (C=O) groups is 2. The van der Waals surface area contributed by atoms with Gasteiger partial charge in [0.1, 0.15) is 0 Å². The molecule has 1 aliphatic heterocycles. The van der Waals surface area contributed by atoms with Crippen LogP contribution in [0.5, 0.6) is 0 Å². The van der Waals surface area contributed by atoms with Gasteiger partial charge in [0.15, 0.2) is 0 Å². The molecular formula is C12H19N3O3. The molecule has 1 fully saturated rings. The molecule has 6 nitrogen and oxygen atoms in total. The number of carbonyl (C=O) groups excluding carboxylic acids is 1. The Morgan fingerprint density at radius 2 is 2.28 bits per heavy atom. The monoisotopic (exact) mass is 253 g/mol. The molecule has 0 bridgehead atoms. The SMILES string of the molecule is CC(C#N)CN(C)C(=O)N1CCC[C@@H](C(=O)O)C1. The van der Waals surface area contributed by atoms with E-state index in [9.17, 15) is 9.59 Å². The maximum Gasteiger partial charge on any atom is 0.319 e. The van der Waals surface area contributed by atoms with E-state index < -0.39 is 11.9 Å². The zero-order valence-corrected chi connectivity index (χ0v) is 10.8. The first-order valence-electron chi connectivity index (χ1n) is 6.08. The predicted molar refractivity (Wildman–Crippen MR) is 64.7 cm³/mol. The second kappa shape index (κ2) is 6.24. The van der Waals surface area contributed by atoms with E-state index in [1.807, 2.05) is 0 Å². The van der Waals surface area contributed by atoms with Crippen LogP contribution in [-0.2, 0) is 4.79 Å². The number of nitriles is 1. The van der Waals surface area contributed by atoms with Gasteiger partial charge in [0.25, 0.3) is 0 Å². The fraction of sp³-hybridized carbons (Fsp3) is 0.750. The first-order valence-corrected chi connectivity index (χ1v) is 6.08. The summed E-state index contributed by atoms with van der Waals surface area (Å²) >= 11 is 0. The van der Waals surface area contributed by atoms with Crippen molar-refractivity contribution >= 4 is 12.0 Å². The second-order valence-corrected chi connectivity index (χ2v) is 4.82. The molecule has 1 heterocycles. The highest BCUT2D eigenvalue weighted by atomic mass is 16.4. The Bertz CT molecular complexity index is 364. The molecule has 0 saturated carbocycles. The topological polar surface area (TPSA) is 84.6 Å². The number of hydrogen-bond donors (Lipinski definition) is 1. The number of amides is 2. The van der Waals surface area contributed by atoms with Gasteiger partial charge in [-0.1, -0.05) is 0 Å². The van der Waals surface area contributed by atoms with Gasteiger partial charge in [0.05, 0.1) is 17.9 Å². The molecule has 0 radical (unpaired) electrons. The number of aliphatic carboxylic acids is 1. The number of hydrogen-bond acceptors (Lipinski definition) is 3. The zero-order chi connectivity index (χ0) is 13.7. The molecule has 1 saturated heterocycles. The van der Waals surface area contributed by atoms with E-state index in [-0.39, 0.29) is 18.5 Å². The van der Waals surface area contributed by atoms with Crippen LogP contribution in [0.1, 0.15) is 19.8 Å². The molecule has 0 spiro atoms. The van der Waals surface area contributed by atoms with Crippen LogP contribution < -0.4 is 0 Å². The van der Waals surface area contributed by atoms with E-state index in [0.29, 0.717) is 25.9 Å². The lowest BCUT2D eigenvalue weighted by molar-refractivity contribution is -0.143. The molecule has 0 aromatic carbocycles. The van der Waals surface area contributed by atoms with Gasteiger partial charge in [0.2, 0.25) is 0 Å². The molecule has 0 aliphatic carbocycles. The van der Waals surface area contributed by atoms with Gasteiger partial charge in [0, 0.05) is 26.7 Å². The Balaban J connectivity index is 2.55. The Morgan fingerprint density at radius 1 is 1.61 bits per heavy atom. The summed E-state index contributed by atoms with van der Waals surface area (Å²) < 4.78 is 0. The largest absolute Gasteiger partial charge is 0.481 e. The van der Waals surface area contributed by atoms with Crippen LogP contribution in [0.15, 0.2) is 0 Å². The number of rotatable bonds is 3. The molecule has 1 aliphatic rings. The van der Waals surface area contributed by atoms with E-state index >= 15 is 0 Å². The third-order valence-electron chi connectivity index (χ3n) is 3.14. The lowest BCUT2D eigenvalue weighted by Crippen LogP contribution is -2.48. The number of carboxylic acids is 1. The Morgan fingerprint density at radius 3 is 2.83 bits per heavy atom. The van der Waals surface area contributed by atoms with Crippen LogP contribution in [0.25, 0.3) is 0 Å². The summed E-state index contributed by atoms with van der Waals surface area (Å²) in [5.74, 6) is -1.54. The van der Waals surface area contributed by atoms with Gasteiger partial charge in [-0.3, -0.25) is 4.79 Å². The van der Waals surface area contributed by atoms with E-state index in [0.717, 1.165) is 0 Å². The minimum Gasteiger partial charge on any atom is -0.481 e. The van der Waals surface area contributed by atoms with Gasteiger partial charge in [-0.15, -0.1) is 0 Å². The Labute approximate surface area is 107 Å². The third-order valence-corrected chi connectivity index (χ3v) is 3.14. The molecule has 0 aromatic heterocycles. The van der Waals surface area contributed by atoms with Crippen molar-refractivity contribution in [2.45, 2.75) is 19.8 Å². The van der Waals surface area contributed by atoms with E-state index in [4.69, 9.17) is 10.4 Å². The Kier molecular flexibility index (Phi) is 4.95. The van der Waals surface area contributed by atoms with Crippen molar-refractivity contribution in [1.29, 1.82) is 5.26 Å². The standard InChI is InChI=1S/C12H19N3O3/c1-9(6-13)7-14(2)12(18)15-5-3-4-10(8-15)11(16)17/h9-10H,3-5,7-8H2,1-2H3,(H,16,17)/t9?,10-/m1/s1. The van der Waals surface area contributed by atoms with Gasteiger partial charge in [-0.2, -0.15) is 5.26 Å². The van der Waals surface area contributed by atoms with E-state index in [1.165, 1.54) is 4.90 Å². The first-order chi connectivity index (χ1) is 8.45. The van der Waals surface area contributed by atoms with Crippen LogP contribution in [0, 0.1) is 23.2 Å². The zero-order valence-electron chi connectivity index (χ0n) is 10.8. The molecule has 6 heteroatoms. The van der Waals surface area contributed by atoms with Gasteiger partial charge in [-0.05, 0) is 19.8 Å². The quantitative estimate of drug-likeness (QED) is 0.813. The highest BCUT2D eigenvalue weighted by molar-refractivity contribution is 5.76. The first kappa shape index (κ1) is 14.3. The summed E-state index contributed by atoms with van der Waals surface area (Å²) in [6, 6.07) is 1.88. The summed E-state index contributed by atoms with van der Waals surface area (Å²) in [5, 5.41) is 17.7. The summed E-state index contributed by atoms with van der Waals surface area (Å²) in [6.45, 7) is 2.97. The number of nitrogens with zero attached hydrogens (tertiary/aromatic N) is 3. The molecule has 1 rings (SSSR count). The molecular weight excluding hydrogens is 234 g/mol. The van der Waals surface area contributed by atoms with E-state index in [2.05, 4.69) is 6.07 Å². The van der Waals surface area contributed by atoms with Crippen molar-refractivity contribution in [1.82, 2.24) is 9.80 Å². The maximum atomic E-state index is 12.1. The maximum absolute atomic E-state index is 12.1. The number of likely N-dealkylation sites (tertiary alicyclic amines) is 1. The lowest BCUT2D eigenvalue weighted by Gasteiger charge is -2.34. The molecule has 2 amide bonds. The summed E-state index contributed by atoms with van der Waals surface area (Å²) in [6.07, 6.45) is 1.34. The highest BCUT2D eigenvalue weighted by Gasteiger charge is 2.29. The minimum atomic E-state index is -0.847. The van der Waals surface area contributed by atoms with Crippen molar-refractivity contribution in [3.8, 4) is 6.07 Å². The Hall–Kier alpha value is -1.77. The smallest absolute Gasteiger partial charge is 0.319 e. The van der Waals surface area contributed by atoms with Crippen molar-refractivity contribution in [3.63, 3.8) is 0 Å². The van der Waals surface area contributed by atoms with Crippen molar-refractivity contribution < 1.29 is 14.7 Å². The molecule has 2 atom stereocenters. The van der Waals surface area contributed by atoms with Crippen molar-refractivity contribution in [3.05, 3.63) is 0 Å². The van der Waals surface area contributed by atoms with Gasteiger partial charge < -0.3 is 14.9 Å². The average Bonchev–Trinajstić information content (AvgIpc) is 2.37. The number of urea groups is 1. The fourth-order valence-corrected chi connectivity index (χ4v) is 2.12. The summed E-state index contributed by atoms with van der Waals surface area (Å²) in [7, 11) is 1.64. The van der Waals surface area contributed by atoms with Crippen LogP contribution >= 0.6 is 0 Å². The van der Waals surface area contributed by atoms with Gasteiger partial charge in [-0.25, -0.2) is 4.79 Å². The summed E-state index contributed by atoms with van der Waals surface area (Å²) in [4.78, 5) is 26.0.